The van der Waals surface area contributed by atoms with E-state index in [4.69, 9.17) is 4.74 Å². The lowest BCUT2D eigenvalue weighted by Crippen LogP contribution is -2.27. The molecular weight excluding hydrogens is 386 g/mol. The van der Waals surface area contributed by atoms with Crippen LogP contribution in [0.3, 0.4) is 0 Å². The Hall–Kier alpha value is -3.50. The largest absolute Gasteiger partial charge is 0.508 e. The molecule has 4 aromatic carbocycles. The van der Waals surface area contributed by atoms with E-state index in [2.05, 4.69) is 37.4 Å². The van der Waals surface area contributed by atoms with Crippen molar-refractivity contribution in [2.24, 2.45) is 0 Å². The van der Waals surface area contributed by atoms with Gasteiger partial charge in [-0.3, -0.25) is 5.32 Å². The van der Waals surface area contributed by atoms with Gasteiger partial charge in [-0.2, -0.15) is 0 Å². The van der Waals surface area contributed by atoms with Crippen molar-refractivity contribution in [1.29, 1.82) is 0 Å². The van der Waals surface area contributed by atoms with Crippen LogP contribution >= 0.6 is 0 Å². The molecule has 31 heavy (non-hydrogen) atoms. The maximum atomic E-state index is 9.92. The van der Waals surface area contributed by atoms with E-state index in [9.17, 15) is 10.2 Å². The van der Waals surface area contributed by atoms with Crippen LogP contribution in [0.4, 0.5) is 0 Å². The molecule has 0 spiro atoms. The standard InChI is InChI=1S/C27H27NO3/c1-18(2)28-17-31-24-11-3-19(4-12-24)15-27-25(20-5-8-22(29)9-6-20)13-7-21-16-23(30)10-14-26(21)27/h3-14,16,18,28-30H,15,17H2,1-2H3. The van der Waals surface area contributed by atoms with Gasteiger partial charge in [0.15, 0.2) is 0 Å². The van der Waals surface area contributed by atoms with E-state index in [0.717, 1.165) is 34.1 Å². The fourth-order valence-electron chi connectivity index (χ4n) is 3.68. The Labute approximate surface area is 182 Å². The summed E-state index contributed by atoms with van der Waals surface area (Å²) >= 11 is 0. The monoisotopic (exact) mass is 413 g/mol. The molecule has 0 saturated heterocycles. The van der Waals surface area contributed by atoms with Crippen LogP contribution in [0, 0.1) is 0 Å². The molecule has 0 aliphatic heterocycles. The number of hydrogen-bond acceptors (Lipinski definition) is 4. The van der Waals surface area contributed by atoms with E-state index in [1.54, 1.807) is 24.3 Å². The summed E-state index contributed by atoms with van der Waals surface area (Å²) in [5.74, 6) is 1.34. The molecule has 4 nitrogen and oxygen atoms in total. The van der Waals surface area contributed by atoms with Crippen LogP contribution in [-0.2, 0) is 6.42 Å². The summed E-state index contributed by atoms with van der Waals surface area (Å²) in [6.07, 6.45) is 0.739. The van der Waals surface area contributed by atoms with Crippen LogP contribution in [0.1, 0.15) is 25.0 Å². The Morgan fingerprint density at radius 3 is 2.23 bits per heavy atom. The summed E-state index contributed by atoms with van der Waals surface area (Å²) in [7, 11) is 0. The maximum Gasteiger partial charge on any atom is 0.139 e. The molecule has 0 saturated carbocycles. The van der Waals surface area contributed by atoms with E-state index in [0.29, 0.717) is 12.8 Å². The smallest absolute Gasteiger partial charge is 0.139 e. The van der Waals surface area contributed by atoms with Gasteiger partial charge in [-0.1, -0.05) is 42.5 Å². The minimum absolute atomic E-state index is 0.249. The lowest BCUT2D eigenvalue weighted by molar-refractivity contribution is 0.271. The van der Waals surface area contributed by atoms with E-state index in [1.165, 1.54) is 11.1 Å². The van der Waals surface area contributed by atoms with Crippen molar-refractivity contribution < 1.29 is 14.9 Å². The first kappa shape index (κ1) is 20.8. The van der Waals surface area contributed by atoms with E-state index < -0.39 is 0 Å². The third kappa shape index (κ3) is 4.98. The molecule has 0 aliphatic carbocycles. The molecule has 0 heterocycles. The SMILES string of the molecule is CC(C)NCOc1ccc(Cc2c(-c3ccc(O)cc3)ccc3cc(O)ccc23)cc1. The van der Waals surface area contributed by atoms with Crippen molar-refractivity contribution in [3.05, 3.63) is 90.0 Å². The lowest BCUT2D eigenvalue weighted by Gasteiger charge is -2.15. The Morgan fingerprint density at radius 1 is 0.806 bits per heavy atom. The van der Waals surface area contributed by atoms with E-state index in [-0.39, 0.29) is 11.5 Å². The third-order valence-electron chi connectivity index (χ3n) is 5.33. The quantitative estimate of drug-likeness (QED) is 0.333. The van der Waals surface area contributed by atoms with Crippen LogP contribution in [0.5, 0.6) is 17.2 Å². The number of ether oxygens (including phenoxy) is 1. The van der Waals surface area contributed by atoms with Crippen molar-refractivity contribution in [2.45, 2.75) is 26.3 Å². The number of rotatable bonds is 7. The van der Waals surface area contributed by atoms with Crippen molar-refractivity contribution in [2.75, 3.05) is 6.73 Å². The molecule has 4 rings (SSSR count). The highest BCUT2D eigenvalue weighted by Crippen LogP contribution is 2.34. The molecule has 0 fully saturated rings. The van der Waals surface area contributed by atoms with Gasteiger partial charge in [0.2, 0.25) is 0 Å². The van der Waals surface area contributed by atoms with Gasteiger partial charge in [0.1, 0.15) is 24.0 Å². The van der Waals surface area contributed by atoms with Crippen molar-refractivity contribution in [3.63, 3.8) is 0 Å². The minimum Gasteiger partial charge on any atom is -0.508 e. The fourth-order valence-corrected chi connectivity index (χ4v) is 3.68. The normalized spacial score (nSPS) is 11.2. The van der Waals surface area contributed by atoms with Gasteiger partial charge in [0.25, 0.3) is 0 Å². The first-order chi connectivity index (χ1) is 15.0. The number of benzene rings is 4. The number of phenols is 2. The highest BCUT2D eigenvalue weighted by Gasteiger charge is 2.12. The first-order valence-electron chi connectivity index (χ1n) is 10.5. The molecule has 0 bridgehead atoms. The molecule has 0 atom stereocenters. The molecule has 4 aromatic rings. The molecule has 3 N–H and O–H groups in total. The van der Waals surface area contributed by atoms with E-state index in [1.807, 2.05) is 36.4 Å². The van der Waals surface area contributed by atoms with Crippen molar-refractivity contribution in [1.82, 2.24) is 5.32 Å². The Balaban J connectivity index is 1.68. The molecule has 0 radical (unpaired) electrons. The van der Waals surface area contributed by atoms with Crippen molar-refractivity contribution in [3.8, 4) is 28.4 Å². The zero-order chi connectivity index (χ0) is 21.8. The van der Waals surface area contributed by atoms with Crippen molar-refractivity contribution >= 4 is 10.8 Å². The molecule has 0 aromatic heterocycles. The van der Waals surface area contributed by atoms with Crippen LogP contribution in [0.2, 0.25) is 0 Å². The summed E-state index contributed by atoms with van der Waals surface area (Å²) in [6.45, 7) is 4.65. The molecule has 0 unspecified atom stereocenters. The highest BCUT2D eigenvalue weighted by atomic mass is 16.5. The van der Waals surface area contributed by atoms with Gasteiger partial charge in [-0.15, -0.1) is 0 Å². The number of phenolic OH excluding ortho intramolecular Hbond substituents is 2. The number of hydrogen-bond donors (Lipinski definition) is 3. The molecule has 158 valence electrons. The summed E-state index contributed by atoms with van der Waals surface area (Å²) in [4.78, 5) is 0. The summed E-state index contributed by atoms with van der Waals surface area (Å²) in [5, 5.41) is 24.9. The summed E-state index contributed by atoms with van der Waals surface area (Å²) in [5.41, 5.74) is 4.50. The number of fused-ring (bicyclic) bond motifs is 1. The molecule has 0 aliphatic rings. The molecule has 4 heteroatoms. The van der Waals surface area contributed by atoms with Crippen LogP contribution in [0.25, 0.3) is 21.9 Å². The Kier molecular flexibility index (Phi) is 6.10. The minimum atomic E-state index is 0.249. The summed E-state index contributed by atoms with van der Waals surface area (Å²) in [6, 6.07) is 25.4. The number of aromatic hydroxyl groups is 2. The predicted molar refractivity (Wildman–Crippen MR) is 126 cm³/mol. The van der Waals surface area contributed by atoms with Gasteiger partial charge >= 0.3 is 0 Å². The zero-order valence-electron chi connectivity index (χ0n) is 17.8. The number of nitrogens with one attached hydrogen (secondary N) is 1. The third-order valence-corrected chi connectivity index (χ3v) is 5.33. The first-order valence-corrected chi connectivity index (χ1v) is 10.5. The average Bonchev–Trinajstić information content (AvgIpc) is 2.75. The van der Waals surface area contributed by atoms with Gasteiger partial charge in [-0.25, -0.2) is 0 Å². The predicted octanol–water partition coefficient (Wildman–Crippen LogP) is 5.84. The van der Waals surface area contributed by atoms with Crippen LogP contribution < -0.4 is 10.1 Å². The Morgan fingerprint density at radius 2 is 1.52 bits per heavy atom. The highest BCUT2D eigenvalue weighted by molar-refractivity contribution is 5.93. The van der Waals surface area contributed by atoms with Gasteiger partial charge in [0.05, 0.1) is 0 Å². The van der Waals surface area contributed by atoms with Gasteiger partial charge < -0.3 is 14.9 Å². The molecule has 0 amide bonds. The van der Waals surface area contributed by atoms with Crippen LogP contribution in [-0.4, -0.2) is 23.0 Å². The zero-order valence-corrected chi connectivity index (χ0v) is 17.8. The molecular formula is C27H27NO3. The second-order valence-corrected chi connectivity index (χ2v) is 8.01. The summed E-state index contributed by atoms with van der Waals surface area (Å²) < 4.78 is 5.75. The van der Waals surface area contributed by atoms with Gasteiger partial charge in [-0.05, 0) is 89.7 Å². The maximum absolute atomic E-state index is 9.92. The Bertz CT molecular complexity index is 1170. The second kappa shape index (κ2) is 9.11. The lowest BCUT2D eigenvalue weighted by atomic mass is 9.90. The average molecular weight is 414 g/mol. The van der Waals surface area contributed by atoms with Gasteiger partial charge in [0, 0.05) is 6.04 Å². The van der Waals surface area contributed by atoms with E-state index >= 15 is 0 Å². The fraction of sp³-hybridized carbons (Fsp3) is 0.185. The van der Waals surface area contributed by atoms with Crippen LogP contribution in [0.15, 0.2) is 78.9 Å². The second-order valence-electron chi connectivity index (χ2n) is 8.01. The topological polar surface area (TPSA) is 61.7 Å².